The van der Waals surface area contributed by atoms with Gasteiger partial charge in [-0.15, -0.1) is 0 Å². The fourth-order valence-corrected chi connectivity index (χ4v) is 4.64. The van der Waals surface area contributed by atoms with Crippen LogP contribution in [0.1, 0.15) is 6.92 Å². The second kappa shape index (κ2) is 9.62. The lowest BCUT2D eigenvalue weighted by atomic mass is 10.1. The molecule has 0 saturated carbocycles. The van der Waals surface area contributed by atoms with Crippen LogP contribution in [0.2, 0.25) is 5.02 Å². The zero-order valence-corrected chi connectivity index (χ0v) is 19.2. The Labute approximate surface area is 197 Å². The van der Waals surface area contributed by atoms with Gasteiger partial charge in [-0.2, -0.15) is 4.72 Å². The highest BCUT2D eigenvalue weighted by atomic mass is 35.5. The number of anilines is 1. The first-order chi connectivity index (χ1) is 15.8. The normalized spacial score (nSPS) is 12.3. The molecule has 8 heteroatoms. The van der Waals surface area contributed by atoms with Gasteiger partial charge in [0.1, 0.15) is 5.75 Å². The largest absolute Gasteiger partial charge is 0.455 e. The molecule has 0 fully saturated rings. The van der Waals surface area contributed by atoms with Crippen LogP contribution in [0.4, 0.5) is 5.69 Å². The van der Waals surface area contributed by atoms with Gasteiger partial charge in [0.05, 0.1) is 16.6 Å². The molecule has 4 aromatic rings. The number of carbonyl (C=O) groups is 1. The molecule has 1 amide bonds. The van der Waals surface area contributed by atoms with E-state index < -0.39 is 22.0 Å². The number of carbonyl (C=O) groups excluding carboxylic acids is 1. The van der Waals surface area contributed by atoms with Crippen LogP contribution < -0.4 is 14.8 Å². The molecule has 33 heavy (non-hydrogen) atoms. The summed E-state index contributed by atoms with van der Waals surface area (Å²) in [7, 11) is -3.92. The summed E-state index contributed by atoms with van der Waals surface area (Å²) < 4.78 is 34.0. The lowest BCUT2D eigenvalue weighted by Gasteiger charge is -2.17. The van der Waals surface area contributed by atoms with Crippen molar-refractivity contribution in [2.24, 2.45) is 0 Å². The van der Waals surface area contributed by atoms with E-state index in [0.29, 0.717) is 22.2 Å². The van der Waals surface area contributed by atoms with E-state index in [9.17, 15) is 13.2 Å². The molecule has 0 radical (unpaired) electrons. The van der Waals surface area contributed by atoms with Crippen molar-refractivity contribution >= 4 is 44.0 Å². The van der Waals surface area contributed by atoms with E-state index in [2.05, 4.69) is 10.0 Å². The molecule has 0 heterocycles. The van der Waals surface area contributed by atoms with Crippen molar-refractivity contribution < 1.29 is 17.9 Å². The van der Waals surface area contributed by atoms with Crippen LogP contribution in [0.15, 0.2) is 95.9 Å². The summed E-state index contributed by atoms with van der Waals surface area (Å²) in [5, 5.41) is 4.81. The maximum Gasteiger partial charge on any atom is 0.242 e. The molecular weight excluding hydrogens is 460 g/mol. The summed E-state index contributed by atoms with van der Waals surface area (Å²) in [6.45, 7) is 1.47. The summed E-state index contributed by atoms with van der Waals surface area (Å²) in [5.41, 5.74) is 0.327. The minimum atomic E-state index is -3.92. The van der Waals surface area contributed by atoms with Crippen LogP contribution in [-0.2, 0) is 14.8 Å². The van der Waals surface area contributed by atoms with Crippen molar-refractivity contribution in [3.8, 4) is 11.5 Å². The van der Waals surface area contributed by atoms with E-state index in [-0.39, 0.29) is 4.90 Å². The van der Waals surface area contributed by atoms with Gasteiger partial charge in [0, 0.05) is 5.02 Å². The zero-order chi connectivity index (χ0) is 23.4. The van der Waals surface area contributed by atoms with Gasteiger partial charge in [-0.05, 0) is 60.2 Å². The predicted octanol–water partition coefficient (Wildman–Crippen LogP) is 5.59. The van der Waals surface area contributed by atoms with Gasteiger partial charge in [0.25, 0.3) is 0 Å². The summed E-state index contributed by atoms with van der Waals surface area (Å²) in [5.74, 6) is 0.406. The number of hydrogen-bond acceptors (Lipinski definition) is 4. The summed E-state index contributed by atoms with van der Waals surface area (Å²) in [6, 6.07) is 25.1. The SMILES string of the molecule is C[C@H](NS(=O)(=O)c1ccc2ccccc2c1)C(=O)Nc1cc(Cl)ccc1Oc1ccccc1. The Morgan fingerprint density at radius 2 is 1.58 bits per heavy atom. The molecule has 0 spiro atoms. The smallest absolute Gasteiger partial charge is 0.242 e. The maximum atomic E-state index is 12.9. The third-order valence-corrected chi connectivity index (χ3v) is 6.70. The number of halogens is 1. The Bertz CT molecular complexity index is 1410. The molecular formula is C25H21ClN2O4S. The Balaban J connectivity index is 1.51. The molecule has 2 N–H and O–H groups in total. The number of hydrogen-bond donors (Lipinski definition) is 2. The highest BCUT2D eigenvalue weighted by Gasteiger charge is 2.23. The van der Waals surface area contributed by atoms with E-state index in [1.807, 2.05) is 42.5 Å². The van der Waals surface area contributed by atoms with E-state index >= 15 is 0 Å². The molecule has 4 rings (SSSR count). The van der Waals surface area contributed by atoms with Gasteiger partial charge < -0.3 is 10.1 Å². The summed E-state index contributed by atoms with van der Waals surface area (Å²) in [4.78, 5) is 12.9. The van der Waals surface area contributed by atoms with Crippen molar-refractivity contribution in [3.63, 3.8) is 0 Å². The van der Waals surface area contributed by atoms with Crippen LogP contribution >= 0.6 is 11.6 Å². The van der Waals surface area contributed by atoms with E-state index in [4.69, 9.17) is 16.3 Å². The second-order valence-electron chi connectivity index (χ2n) is 7.40. The molecule has 168 valence electrons. The zero-order valence-electron chi connectivity index (χ0n) is 17.7. The fraction of sp³-hybridized carbons (Fsp3) is 0.0800. The fourth-order valence-electron chi connectivity index (χ4n) is 3.23. The Morgan fingerprint density at radius 1 is 0.879 bits per heavy atom. The van der Waals surface area contributed by atoms with Gasteiger partial charge >= 0.3 is 0 Å². The van der Waals surface area contributed by atoms with Crippen molar-refractivity contribution in [1.29, 1.82) is 0 Å². The topological polar surface area (TPSA) is 84.5 Å². The van der Waals surface area contributed by atoms with Crippen LogP contribution in [-0.4, -0.2) is 20.4 Å². The molecule has 0 aliphatic carbocycles. The van der Waals surface area contributed by atoms with Gasteiger partial charge in [-0.25, -0.2) is 8.42 Å². The molecule has 0 aliphatic rings. The first-order valence-electron chi connectivity index (χ1n) is 10.2. The average molecular weight is 481 g/mol. The van der Waals surface area contributed by atoms with Crippen LogP contribution in [0.5, 0.6) is 11.5 Å². The Hall–Kier alpha value is -3.39. The number of benzene rings is 4. The first-order valence-corrected chi connectivity index (χ1v) is 12.0. The minimum absolute atomic E-state index is 0.0803. The third kappa shape index (κ3) is 5.51. The molecule has 0 bridgehead atoms. The van der Waals surface area contributed by atoms with E-state index in [1.54, 1.807) is 42.5 Å². The van der Waals surface area contributed by atoms with E-state index in [1.165, 1.54) is 13.0 Å². The van der Waals surface area contributed by atoms with Crippen molar-refractivity contribution in [3.05, 3.63) is 96.0 Å². The second-order valence-corrected chi connectivity index (χ2v) is 9.55. The number of para-hydroxylation sites is 1. The van der Waals surface area contributed by atoms with Crippen LogP contribution in [0.25, 0.3) is 10.8 Å². The van der Waals surface area contributed by atoms with Gasteiger partial charge in [-0.3, -0.25) is 4.79 Å². The van der Waals surface area contributed by atoms with Crippen LogP contribution in [0, 0.1) is 0 Å². The molecule has 0 aromatic heterocycles. The maximum absolute atomic E-state index is 12.9. The predicted molar refractivity (Wildman–Crippen MR) is 130 cm³/mol. The molecule has 0 saturated heterocycles. The third-order valence-electron chi connectivity index (χ3n) is 4.93. The Morgan fingerprint density at radius 3 is 2.33 bits per heavy atom. The number of fused-ring (bicyclic) bond motifs is 1. The van der Waals surface area contributed by atoms with Crippen molar-refractivity contribution in [2.75, 3.05) is 5.32 Å². The quantitative estimate of drug-likeness (QED) is 0.361. The lowest BCUT2D eigenvalue weighted by Crippen LogP contribution is -2.41. The lowest BCUT2D eigenvalue weighted by molar-refractivity contribution is -0.117. The van der Waals surface area contributed by atoms with Gasteiger partial charge in [0.2, 0.25) is 15.9 Å². The molecule has 6 nitrogen and oxygen atoms in total. The van der Waals surface area contributed by atoms with Crippen LogP contribution in [0.3, 0.4) is 0 Å². The number of amides is 1. The molecule has 0 aliphatic heterocycles. The molecule has 1 atom stereocenters. The van der Waals surface area contributed by atoms with Crippen molar-refractivity contribution in [1.82, 2.24) is 4.72 Å². The highest BCUT2D eigenvalue weighted by Crippen LogP contribution is 2.32. The average Bonchev–Trinajstić information content (AvgIpc) is 2.81. The summed E-state index contributed by atoms with van der Waals surface area (Å²) in [6.07, 6.45) is 0. The summed E-state index contributed by atoms with van der Waals surface area (Å²) >= 11 is 6.10. The van der Waals surface area contributed by atoms with Gasteiger partial charge in [0.15, 0.2) is 5.75 Å². The molecule has 4 aromatic carbocycles. The van der Waals surface area contributed by atoms with Gasteiger partial charge in [-0.1, -0.05) is 60.1 Å². The Kier molecular flexibility index (Phi) is 6.65. The highest BCUT2D eigenvalue weighted by molar-refractivity contribution is 7.89. The minimum Gasteiger partial charge on any atom is -0.455 e. The van der Waals surface area contributed by atoms with Crippen molar-refractivity contribution in [2.45, 2.75) is 17.9 Å². The number of sulfonamides is 1. The standard InChI is InChI=1S/C25H21ClN2O4S/c1-17(28-33(30,31)22-13-11-18-7-5-6-8-19(18)15-22)25(29)27-23-16-20(26)12-14-24(23)32-21-9-3-2-4-10-21/h2-17,28H,1H3,(H,27,29)/t17-/m0/s1. The number of nitrogens with one attached hydrogen (secondary N) is 2. The number of ether oxygens (including phenoxy) is 1. The first kappa shape index (κ1) is 22.8. The van der Waals surface area contributed by atoms with E-state index in [0.717, 1.165) is 10.8 Å². The molecule has 0 unspecified atom stereocenters. The monoisotopic (exact) mass is 480 g/mol. The number of rotatable bonds is 7.